The number of nitrogens with zero attached hydrogens (tertiary/aromatic N) is 1. The number of aliphatic hydroxyl groups excluding tert-OH is 1. The maximum absolute atomic E-state index is 11.9. The molecule has 0 heterocycles. The molecule has 0 saturated heterocycles. The molecule has 0 spiro atoms. The van der Waals surface area contributed by atoms with Crippen molar-refractivity contribution < 1.29 is 14.6 Å². The van der Waals surface area contributed by atoms with Crippen LogP contribution in [0, 0.1) is 5.92 Å². The molecule has 20 heavy (non-hydrogen) atoms. The Labute approximate surface area is 128 Å². The Morgan fingerprint density at radius 1 is 1.45 bits per heavy atom. The smallest absolute Gasteiger partial charge is 0.260 e. The van der Waals surface area contributed by atoms with Crippen LogP contribution in [0.15, 0.2) is 18.2 Å². The number of amides is 1. The van der Waals surface area contributed by atoms with Crippen LogP contribution in [0.2, 0.25) is 10.0 Å². The summed E-state index contributed by atoms with van der Waals surface area (Å²) >= 11 is 11.8. The van der Waals surface area contributed by atoms with Crippen LogP contribution in [-0.2, 0) is 4.79 Å². The minimum Gasteiger partial charge on any atom is -0.482 e. The van der Waals surface area contributed by atoms with Crippen molar-refractivity contribution in [1.82, 2.24) is 4.90 Å². The molecule has 1 N–H and O–H groups in total. The predicted octanol–water partition coefficient (Wildman–Crippen LogP) is 2.60. The number of carbonyl (C=O) groups excluding carboxylic acids is 1. The summed E-state index contributed by atoms with van der Waals surface area (Å²) in [4.78, 5) is 13.6. The fourth-order valence-corrected chi connectivity index (χ4v) is 2.51. The molecule has 1 amide bonds. The maximum Gasteiger partial charge on any atom is 0.260 e. The van der Waals surface area contributed by atoms with Crippen molar-refractivity contribution in [3.63, 3.8) is 0 Å². The molecule has 1 saturated carbocycles. The van der Waals surface area contributed by atoms with Gasteiger partial charge in [0, 0.05) is 24.7 Å². The normalized spacial score (nSPS) is 21.2. The third-order valence-corrected chi connectivity index (χ3v) is 3.96. The van der Waals surface area contributed by atoms with Crippen molar-refractivity contribution in [2.75, 3.05) is 20.2 Å². The van der Waals surface area contributed by atoms with Gasteiger partial charge in [-0.2, -0.15) is 0 Å². The zero-order chi connectivity index (χ0) is 14.7. The van der Waals surface area contributed by atoms with Gasteiger partial charge in [-0.1, -0.05) is 23.2 Å². The average Bonchev–Trinajstić information content (AvgIpc) is 2.37. The standard InChI is InChI=1S/C14H17Cl2NO3/c1-17(7-9-4-11(18)5-9)14(19)8-20-13-6-10(15)2-3-12(13)16/h2-3,6,9,11,18H,4-5,7-8H2,1H3. The second-order valence-electron chi connectivity index (χ2n) is 5.13. The Morgan fingerprint density at radius 3 is 2.80 bits per heavy atom. The number of likely N-dealkylation sites (N-methyl/N-ethyl adjacent to an activating group) is 1. The zero-order valence-corrected chi connectivity index (χ0v) is 12.7. The quantitative estimate of drug-likeness (QED) is 0.908. The molecule has 110 valence electrons. The minimum absolute atomic E-state index is 0.0775. The number of carbonyl (C=O) groups is 1. The van der Waals surface area contributed by atoms with Gasteiger partial charge in [0.1, 0.15) is 5.75 Å². The van der Waals surface area contributed by atoms with Crippen molar-refractivity contribution in [2.24, 2.45) is 5.92 Å². The topological polar surface area (TPSA) is 49.8 Å². The van der Waals surface area contributed by atoms with Crippen LogP contribution in [0.5, 0.6) is 5.75 Å². The van der Waals surface area contributed by atoms with Gasteiger partial charge in [-0.05, 0) is 30.9 Å². The van der Waals surface area contributed by atoms with E-state index in [0.717, 1.165) is 12.8 Å². The van der Waals surface area contributed by atoms with Crippen molar-refractivity contribution >= 4 is 29.1 Å². The van der Waals surface area contributed by atoms with Crippen molar-refractivity contribution in [2.45, 2.75) is 18.9 Å². The molecule has 0 atom stereocenters. The zero-order valence-electron chi connectivity index (χ0n) is 11.2. The Balaban J connectivity index is 1.80. The highest BCUT2D eigenvalue weighted by molar-refractivity contribution is 6.34. The van der Waals surface area contributed by atoms with E-state index < -0.39 is 0 Å². The monoisotopic (exact) mass is 317 g/mol. The van der Waals surface area contributed by atoms with E-state index in [1.807, 2.05) is 0 Å². The summed E-state index contributed by atoms with van der Waals surface area (Å²) in [5.41, 5.74) is 0. The number of ether oxygens (including phenoxy) is 1. The van der Waals surface area contributed by atoms with E-state index in [4.69, 9.17) is 27.9 Å². The lowest BCUT2D eigenvalue weighted by atomic mass is 9.82. The maximum atomic E-state index is 11.9. The number of hydrogen-bond donors (Lipinski definition) is 1. The number of aliphatic hydroxyl groups is 1. The Bertz CT molecular complexity index is 489. The van der Waals surface area contributed by atoms with E-state index in [-0.39, 0.29) is 18.6 Å². The second-order valence-corrected chi connectivity index (χ2v) is 5.97. The first kappa shape index (κ1) is 15.4. The lowest BCUT2D eigenvalue weighted by Gasteiger charge is -2.34. The minimum atomic E-state index is -0.204. The SMILES string of the molecule is CN(CC1CC(O)C1)C(=O)COc1cc(Cl)ccc1Cl. The van der Waals surface area contributed by atoms with Crippen molar-refractivity contribution in [3.05, 3.63) is 28.2 Å². The Kier molecular flexibility index (Phi) is 5.13. The highest BCUT2D eigenvalue weighted by Gasteiger charge is 2.29. The molecule has 6 heteroatoms. The third kappa shape index (κ3) is 4.01. The highest BCUT2D eigenvalue weighted by atomic mass is 35.5. The number of rotatable bonds is 5. The summed E-state index contributed by atoms with van der Waals surface area (Å²) in [5, 5.41) is 10.2. The van der Waals surface area contributed by atoms with Crippen LogP contribution >= 0.6 is 23.2 Å². The van der Waals surface area contributed by atoms with Gasteiger partial charge < -0.3 is 14.7 Å². The van der Waals surface area contributed by atoms with Crippen LogP contribution in [0.4, 0.5) is 0 Å². The van der Waals surface area contributed by atoms with Crippen LogP contribution in [0.25, 0.3) is 0 Å². The lowest BCUT2D eigenvalue weighted by Crippen LogP contribution is -2.41. The van der Waals surface area contributed by atoms with E-state index in [1.165, 1.54) is 0 Å². The molecule has 0 unspecified atom stereocenters. The van der Waals surface area contributed by atoms with Gasteiger partial charge in [0.05, 0.1) is 11.1 Å². The fourth-order valence-electron chi connectivity index (χ4n) is 2.18. The molecule has 0 aromatic heterocycles. The van der Waals surface area contributed by atoms with Gasteiger partial charge in [-0.3, -0.25) is 4.79 Å². The summed E-state index contributed by atoms with van der Waals surface area (Å²) in [5.74, 6) is 0.663. The number of hydrogen-bond acceptors (Lipinski definition) is 3. The molecular weight excluding hydrogens is 301 g/mol. The van der Waals surface area contributed by atoms with Crippen LogP contribution in [-0.4, -0.2) is 42.2 Å². The molecule has 1 aliphatic rings. The number of halogens is 2. The summed E-state index contributed by atoms with van der Waals surface area (Å²) < 4.78 is 5.40. The molecule has 4 nitrogen and oxygen atoms in total. The first-order valence-electron chi connectivity index (χ1n) is 6.45. The van der Waals surface area contributed by atoms with E-state index in [9.17, 15) is 9.90 Å². The van der Waals surface area contributed by atoms with E-state index in [1.54, 1.807) is 30.1 Å². The van der Waals surface area contributed by atoms with Crippen LogP contribution in [0.3, 0.4) is 0 Å². The van der Waals surface area contributed by atoms with Gasteiger partial charge >= 0.3 is 0 Å². The summed E-state index contributed by atoms with van der Waals surface area (Å²) in [6.45, 7) is 0.564. The fraction of sp³-hybridized carbons (Fsp3) is 0.500. The largest absolute Gasteiger partial charge is 0.482 e. The van der Waals surface area contributed by atoms with Gasteiger partial charge in [-0.25, -0.2) is 0 Å². The first-order chi connectivity index (χ1) is 9.45. The Morgan fingerprint density at radius 2 is 2.15 bits per heavy atom. The molecule has 1 aromatic carbocycles. The second kappa shape index (κ2) is 6.66. The first-order valence-corrected chi connectivity index (χ1v) is 7.21. The van der Waals surface area contributed by atoms with Gasteiger partial charge in [0.25, 0.3) is 5.91 Å². The molecule has 1 aromatic rings. The molecule has 0 bridgehead atoms. The van der Waals surface area contributed by atoms with Gasteiger partial charge in [-0.15, -0.1) is 0 Å². The average molecular weight is 318 g/mol. The third-order valence-electron chi connectivity index (χ3n) is 3.41. The molecule has 0 radical (unpaired) electrons. The van der Waals surface area contributed by atoms with E-state index >= 15 is 0 Å². The molecule has 0 aliphatic heterocycles. The van der Waals surface area contributed by atoms with Gasteiger partial charge in [0.15, 0.2) is 6.61 Å². The van der Waals surface area contributed by atoms with E-state index in [0.29, 0.717) is 28.3 Å². The van der Waals surface area contributed by atoms with Crippen LogP contribution < -0.4 is 4.74 Å². The predicted molar refractivity (Wildman–Crippen MR) is 78.3 cm³/mol. The Hall–Kier alpha value is -0.970. The van der Waals surface area contributed by atoms with Gasteiger partial charge in [0.2, 0.25) is 0 Å². The highest BCUT2D eigenvalue weighted by Crippen LogP contribution is 2.29. The lowest BCUT2D eigenvalue weighted by molar-refractivity contribution is -0.133. The molecule has 1 aliphatic carbocycles. The molecule has 2 rings (SSSR count). The molecule has 1 fully saturated rings. The van der Waals surface area contributed by atoms with Crippen LogP contribution in [0.1, 0.15) is 12.8 Å². The van der Waals surface area contributed by atoms with Crippen molar-refractivity contribution in [1.29, 1.82) is 0 Å². The van der Waals surface area contributed by atoms with E-state index in [2.05, 4.69) is 0 Å². The molecular formula is C14H17Cl2NO3. The summed E-state index contributed by atoms with van der Waals surface area (Å²) in [6.07, 6.45) is 1.32. The summed E-state index contributed by atoms with van der Waals surface area (Å²) in [7, 11) is 1.73. The van der Waals surface area contributed by atoms with Crippen molar-refractivity contribution in [3.8, 4) is 5.75 Å². The summed E-state index contributed by atoms with van der Waals surface area (Å²) in [6, 6.07) is 4.87. The number of benzene rings is 1.